The van der Waals surface area contributed by atoms with E-state index in [-0.39, 0.29) is 11.6 Å². The Hall–Kier alpha value is -2.25. The number of nitrogens with one attached hydrogen (secondary N) is 1. The summed E-state index contributed by atoms with van der Waals surface area (Å²) < 4.78 is 34.2. The normalized spacial score (nSPS) is 16.6. The molecule has 0 bridgehead atoms. The molecule has 1 N–H and O–H groups in total. The molecule has 5 nitrogen and oxygen atoms in total. The fourth-order valence-electron chi connectivity index (χ4n) is 3.09. The van der Waals surface area contributed by atoms with Crippen molar-refractivity contribution >= 4 is 5.91 Å². The first-order valence-electron chi connectivity index (χ1n) is 8.22. The lowest BCUT2D eigenvalue weighted by atomic mass is 10.1. The van der Waals surface area contributed by atoms with E-state index in [4.69, 9.17) is 4.74 Å². The second-order valence-corrected chi connectivity index (χ2v) is 6.04. The van der Waals surface area contributed by atoms with E-state index >= 15 is 0 Å². The summed E-state index contributed by atoms with van der Waals surface area (Å²) in [6.45, 7) is 3.13. The lowest BCUT2D eigenvalue weighted by molar-refractivity contribution is 0.0148. The van der Waals surface area contributed by atoms with Gasteiger partial charge in [-0.1, -0.05) is 0 Å². The second-order valence-electron chi connectivity index (χ2n) is 6.04. The molecule has 2 heterocycles. The minimum atomic E-state index is -0.862. The van der Waals surface area contributed by atoms with Gasteiger partial charge in [-0.2, -0.15) is 0 Å². The molecule has 1 fully saturated rings. The van der Waals surface area contributed by atoms with Crippen molar-refractivity contribution < 1.29 is 18.3 Å². The average molecular weight is 349 g/mol. The van der Waals surface area contributed by atoms with E-state index in [9.17, 15) is 13.6 Å². The molecule has 1 aromatic heterocycles. The summed E-state index contributed by atoms with van der Waals surface area (Å²) >= 11 is 0. The molecule has 1 unspecified atom stereocenters. The SMILES string of the molecule is Cn1cccc1C(CNC(=O)c1ccc(F)cc1F)N1CCOCC1. The monoisotopic (exact) mass is 349 g/mol. The summed E-state index contributed by atoms with van der Waals surface area (Å²) in [5.74, 6) is -2.12. The van der Waals surface area contributed by atoms with Gasteiger partial charge in [0.15, 0.2) is 0 Å². The first-order chi connectivity index (χ1) is 12.1. The zero-order valence-corrected chi connectivity index (χ0v) is 14.0. The number of hydrogen-bond acceptors (Lipinski definition) is 3. The molecule has 1 aliphatic heterocycles. The molecule has 2 aromatic rings. The summed E-state index contributed by atoms with van der Waals surface area (Å²) in [4.78, 5) is 14.5. The third kappa shape index (κ3) is 4.05. The topological polar surface area (TPSA) is 46.5 Å². The van der Waals surface area contributed by atoms with Crippen LogP contribution in [0.4, 0.5) is 8.78 Å². The lowest BCUT2D eigenvalue weighted by Crippen LogP contribution is -2.44. The highest BCUT2D eigenvalue weighted by atomic mass is 19.1. The number of halogens is 2. The minimum Gasteiger partial charge on any atom is -0.379 e. The molecule has 25 heavy (non-hydrogen) atoms. The summed E-state index contributed by atoms with van der Waals surface area (Å²) in [5.41, 5.74) is 0.899. The van der Waals surface area contributed by atoms with Gasteiger partial charge in [0.05, 0.1) is 24.8 Å². The molecule has 1 amide bonds. The molecule has 0 spiro atoms. The molecule has 1 aliphatic rings. The zero-order chi connectivity index (χ0) is 17.8. The number of benzene rings is 1. The number of nitrogens with zero attached hydrogens (tertiary/aromatic N) is 2. The number of aromatic nitrogens is 1. The Bertz CT molecular complexity index is 742. The first-order valence-corrected chi connectivity index (χ1v) is 8.22. The van der Waals surface area contributed by atoms with Crippen molar-refractivity contribution in [2.24, 2.45) is 7.05 Å². The van der Waals surface area contributed by atoms with Crippen molar-refractivity contribution in [1.82, 2.24) is 14.8 Å². The third-order valence-corrected chi connectivity index (χ3v) is 4.44. The maximum atomic E-state index is 13.8. The maximum Gasteiger partial charge on any atom is 0.254 e. The zero-order valence-electron chi connectivity index (χ0n) is 14.0. The van der Waals surface area contributed by atoms with E-state index in [0.29, 0.717) is 25.8 Å². The standard InChI is InChI=1S/C18H21F2N3O2/c1-22-6-2-3-16(22)17(23-7-9-25-10-8-23)12-21-18(24)14-5-4-13(19)11-15(14)20/h2-6,11,17H,7-10,12H2,1H3,(H,21,24). The number of carbonyl (C=O) groups excluding carboxylic acids is 1. The van der Waals surface area contributed by atoms with E-state index in [1.54, 1.807) is 0 Å². The van der Waals surface area contributed by atoms with Gasteiger partial charge in [0.2, 0.25) is 0 Å². The van der Waals surface area contributed by atoms with Gasteiger partial charge in [0.1, 0.15) is 11.6 Å². The van der Waals surface area contributed by atoms with Crippen molar-refractivity contribution in [2.45, 2.75) is 6.04 Å². The van der Waals surface area contributed by atoms with Gasteiger partial charge in [0, 0.05) is 44.6 Å². The molecule has 134 valence electrons. The highest BCUT2D eigenvalue weighted by Crippen LogP contribution is 2.21. The van der Waals surface area contributed by atoms with Crippen molar-refractivity contribution in [2.75, 3.05) is 32.8 Å². The van der Waals surface area contributed by atoms with E-state index in [2.05, 4.69) is 10.2 Å². The number of amides is 1. The number of carbonyl (C=O) groups is 1. The Balaban J connectivity index is 1.74. The van der Waals surface area contributed by atoms with E-state index in [1.165, 1.54) is 0 Å². The number of aryl methyl sites for hydroxylation is 1. The molecule has 1 saturated heterocycles. The molecule has 3 rings (SSSR count). The van der Waals surface area contributed by atoms with Crippen LogP contribution in [0.3, 0.4) is 0 Å². The number of ether oxygens (including phenoxy) is 1. The summed E-state index contributed by atoms with van der Waals surface area (Å²) in [6, 6.07) is 6.86. The summed E-state index contributed by atoms with van der Waals surface area (Å²) in [6.07, 6.45) is 1.95. The van der Waals surface area contributed by atoms with Crippen LogP contribution >= 0.6 is 0 Å². The fourth-order valence-corrected chi connectivity index (χ4v) is 3.09. The van der Waals surface area contributed by atoms with E-state index in [0.717, 1.165) is 30.9 Å². The van der Waals surface area contributed by atoms with E-state index in [1.807, 2.05) is 29.9 Å². The van der Waals surface area contributed by atoms with Gasteiger partial charge in [0.25, 0.3) is 5.91 Å². The molecule has 1 atom stereocenters. The Kier molecular flexibility index (Phi) is 5.45. The van der Waals surface area contributed by atoms with Gasteiger partial charge >= 0.3 is 0 Å². The highest BCUT2D eigenvalue weighted by molar-refractivity contribution is 5.94. The third-order valence-electron chi connectivity index (χ3n) is 4.44. The number of morpholine rings is 1. The van der Waals surface area contributed by atoms with Crippen LogP contribution in [0.1, 0.15) is 22.1 Å². The van der Waals surface area contributed by atoms with Crippen LogP contribution < -0.4 is 5.32 Å². The predicted octanol–water partition coefficient (Wildman–Crippen LogP) is 2.11. The van der Waals surface area contributed by atoms with Crippen molar-refractivity contribution in [1.29, 1.82) is 0 Å². The second kappa shape index (κ2) is 7.76. The average Bonchev–Trinajstić information content (AvgIpc) is 3.02. The quantitative estimate of drug-likeness (QED) is 0.899. The lowest BCUT2D eigenvalue weighted by Gasteiger charge is -2.35. The largest absolute Gasteiger partial charge is 0.379 e. The number of hydrogen-bond donors (Lipinski definition) is 1. The summed E-state index contributed by atoms with van der Waals surface area (Å²) in [5, 5.41) is 2.77. The van der Waals surface area contributed by atoms with Crippen LogP contribution in [-0.2, 0) is 11.8 Å². The van der Waals surface area contributed by atoms with Gasteiger partial charge in [-0.15, -0.1) is 0 Å². The number of rotatable bonds is 5. The van der Waals surface area contributed by atoms with E-state index < -0.39 is 17.5 Å². The Labute approximate surface area is 145 Å². The van der Waals surface area contributed by atoms with Crippen LogP contribution in [0.5, 0.6) is 0 Å². The van der Waals surface area contributed by atoms with Crippen LogP contribution in [0.15, 0.2) is 36.5 Å². The van der Waals surface area contributed by atoms with Crippen molar-refractivity contribution in [3.63, 3.8) is 0 Å². The predicted molar refractivity (Wildman–Crippen MR) is 89.2 cm³/mol. The summed E-state index contributed by atoms with van der Waals surface area (Å²) in [7, 11) is 1.95. The van der Waals surface area contributed by atoms with Gasteiger partial charge in [-0.3, -0.25) is 9.69 Å². The van der Waals surface area contributed by atoms with Crippen LogP contribution in [0.25, 0.3) is 0 Å². The Morgan fingerprint density at radius 2 is 2.04 bits per heavy atom. The van der Waals surface area contributed by atoms with Crippen LogP contribution in [-0.4, -0.2) is 48.2 Å². The molecule has 0 saturated carbocycles. The van der Waals surface area contributed by atoms with Crippen molar-refractivity contribution in [3.8, 4) is 0 Å². The van der Waals surface area contributed by atoms with Crippen LogP contribution in [0, 0.1) is 11.6 Å². The maximum absolute atomic E-state index is 13.8. The molecule has 1 aromatic carbocycles. The van der Waals surface area contributed by atoms with Crippen LogP contribution in [0.2, 0.25) is 0 Å². The first kappa shape index (κ1) is 17.6. The molecular weight excluding hydrogens is 328 g/mol. The minimum absolute atomic E-state index is 0.0450. The Morgan fingerprint density at radius 3 is 2.68 bits per heavy atom. The van der Waals surface area contributed by atoms with Gasteiger partial charge in [-0.25, -0.2) is 8.78 Å². The molecule has 0 radical (unpaired) electrons. The molecule has 0 aliphatic carbocycles. The fraction of sp³-hybridized carbons (Fsp3) is 0.389. The van der Waals surface area contributed by atoms with Gasteiger partial charge in [-0.05, 0) is 24.3 Å². The highest BCUT2D eigenvalue weighted by Gasteiger charge is 2.25. The van der Waals surface area contributed by atoms with Crippen molar-refractivity contribution in [3.05, 3.63) is 59.4 Å². The Morgan fingerprint density at radius 1 is 1.28 bits per heavy atom. The molecule has 7 heteroatoms. The molecular formula is C18H21F2N3O2. The smallest absolute Gasteiger partial charge is 0.254 e. The van der Waals surface area contributed by atoms with Gasteiger partial charge < -0.3 is 14.6 Å².